The molecule has 3 rings (SSSR count). The summed E-state index contributed by atoms with van der Waals surface area (Å²) in [6.07, 6.45) is 0.894. The molecule has 2 aromatic rings. The molecule has 0 radical (unpaired) electrons. The summed E-state index contributed by atoms with van der Waals surface area (Å²) in [4.78, 5) is 8.60. The van der Waals surface area contributed by atoms with E-state index in [0.29, 0.717) is 5.95 Å². The number of nitrogen functional groups attached to an aromatic ring is 1. The van der Waals surface area contributed by atoms with E-state index < -0.39 is 0 Å². The molecule has 0 saturated carbocycles. The quantitative estimate of drug-likeness (QED) is 0.789. The number of fused-ring (bicyclic) bond motifs is 1. The Morgan fingerprint density at radius 1 is 1.44 bits per heavy atom. The molecule has 0 spiro atoms. The smallest absolute Gasteiger partial charge is 0.222 e. The van der Waals surface area contributed by atoms with E-state index in [1.54, 1.807) is 11.3 Å². The minimum atomic E-state index is 0.328. The second-order valence-corrected chi connectivity index (χ2v) is 5.86. The van der Waals surface area contributed by atoms with Gasteiger partial charge < -0.3 is 16.4 Å². The SMILES string of the molecule is Nc1nc2c(c(Nc3cc(Br)cs3)n1)CNCC2. The third-order valence-corrected chi connectivity index (χ3v) is 4.37. The number of rotatable bonds is 2. The van der Waals surface area contributed by atoms with Crippen LogP contribution in [-0.2, 0) is 13.0 Å². The number of anilines is 3. The first-order chi connectivity index (χ1) is 8.72. The Kier molecular flexibility index (Phi) is 3.19. The number of nitrogens with one attached hydrogen (secondary N) is 2. The van der Waals surface area contributed by atoms with Gasteiger partial charge in [0.15, 0.2) is 0 Å². The van der Waals surface area contributed by atoms with Crippen molar-refractivity contribution in [1.29, 1.82) is 0 Å². The standard InChI is InChI=1S/C11H12BrN5S/c12-6-3-9(18-5-6)16-10-7-4-14-2-1-8(7)15-11(13)17-10/h3,5,14H,1-2,4H2,(H3,13,15,16,17). The van der Waals surface area contributed by atoms with Crippen LogP contribution in [0.3, 0.4) is 0 Å². The third-order valence-electron chi connectivity index (χ3n) is 2.76. The van der Waals surface area contributed by atoms with Gasteiger partial charge in [-0.25, -0.2) is 4.98 Å². The summed E-state index contributed by atoms with van der Waals surface area (Å²) < 4.78 is 1.06. The number of thiophene rings is 1. The molecule has 7 heteroatoms. The van der Waals surface area contributed by atoms with Crippen molar-refractivity contribution in [2.75, 3.05) is 17.6 Å². The lowest BCUT2D eigenvalue weighted by molar-refractivity contribution is 0.629. The molecule has 0 unspecified atom stereocenters. The van der Waals surface area contributed by atoms with Crippen LogP contribution in [0.4, 0.5) is 16.8 Å². The van der Waals surface area contributed by atoms with Crippen molar-refractivity contribution in [3.8, 4) is 0 Å². The average Bonchev–Trinajstić information content (AvgIpc) is 2.74. The van der Waals surface area contributed by atoms with Crippen LogP contribution in [0.15, 0.2) is 15.9 Å². The maximum atomic E-state index is 5.75. The lowest BCUT2D eigenvalue weighted by atomic mass is 10.1. The highest BCUT2D eigenvalue weighted by Gasteiger charge is 2.17. The first-order valence-electron chi connectivity index (χ1n) is 5.59. The monoisotopic (exact) mass is 325 g/mol. The summed E-state index contributed by atoms with van der Waals surface area (Å²) in [5.41, 5.74) is 7.91. The van der Waals surface area contributed by atoms with Crippen molar-refractivity contribution >= 4 is 44.0 Å². The molecule has 5 nitrogen and oxygen atoms in total. The van der Waals surface area contributed by atoms with Gasteiger partial charge in [-0.05, 0) is 22.0 Å². The van der Waals surface area contributed by atoms with Gasteiger partial charge >= 0.3 is 0 Å². The third kappa shape index (κ3) is 2.33. The zero-order chi connectivity index (χ0) is 12.5. The summed E-state index contributed by atoms with van der Waals surface area (Å²) in [6.45, 7) is 1.72. The Morgan fingerprint density at radius 2 is 2.33 bits per heavy atom. The van der Waals surface area contributed by atoms with Gasteiger partial charge in [0.25, 0.3) is 0 Å². The Labute approximate surface area is 117 Å². The molecule has 0 atom stereocenters. The summed E-state index contributed by atoms with van der Waals surface area (Å²) >= 11 is 5.06. The van der Waals surface area contributed by atoms with Gasteiger partial charge in [0, 0.05) is 34.9 Å². The van der Waals surface area contributed by atoms with Crippen molar-refractivity contribution in [2.45, 2.75) is 13.0 Å². The highest BCUT2D eigenvalue weighted by Crippen LogP contribution is 2.29. The molecule has 3 heterocycles. The molecule has 1 aliphatic heterocycles. The molecule has 0 bridgehead atoms. The van der Waals surface area contributed by atoms with Crippen molar-refractivity contribution in [3.63, 3.8) is 0 Å². The summed E-state index contributed by atoms with van der Waals surface area (Å²) in [5, 5.41) is 9.70. The summed E-state index contributed by atoms with van der Waals surface area (Å²) in [7, 11) is 0. The van der Waals surface area contributed by atoms with Gasteiger partial charge in [-0.1, -0.05) is 0 Å². The molecule has 0 amide bonds. The van der Waals surface area contributed by atoms with Gasteiger partial charge in [0.2, 0.25) is 5.95 Å². The van der Waals surface area contributed by atoms with Crippen molar-refractivity contribution in [2.24, 2.45) is 0 Å². The van der Waals surface area contributed by atoms with Gasteiger partial charge in [-0.2, -0.15) is 4.98 Å². The van der Waals surface area contributed by atoms with E-state index in [1.807, 2.05) is 11.4 Å². The number of halogens is 1. The number of hydrogen-bond acceptors (Lipinski definition) is 6. The van der Waals surface area contributed by atoms with E-state index in [1.165, 1.54) is 0 Å². The molecule has 4 N–H and O–H groups in total. The fraction of sp³-hybridized carbons (Fsp3) is 0.273. The van der Waals surface area contributed by atoms with Crippen LogP contribution in [0.5, 0.6) is 0 Å². The molecule has 0 saturated heterocycles. The average molecular weight is 326 g/mol. The van der Waals surface area contributed by atoms with Crippen LogP contribution < -0.4 is 16.4 Å². The molecule has 94 valence electrons. The lowest BCUT2D eigenvalue weighted by Crippen LogP contribution is -2.26. The summed E-state index contributed by atoms with van der Waals surface area (Å²) in [6, 6.07) is 2.02. The minimum absolute atomic E-state index is 0.328. The Hall–Kier alpha value is -1.18. The molecule has 2 aromatic heterocycles. The fourth-order valence-electron chi connectivity index (χ4n) is 1.96. The van der Waals surface area contributed by atoms with Gasteiger partial charge in [-0.3, -0.25) is 0 Å². The maximum Gasteiger partial charge on any atom is 0.222 e. The Balaban J connectivity index is 1.98. The predicted octanol–water partition coefficient (Wildman–Crippen LogP) is 2.27. The predicted molar refractivity (Wildman–Crippen MR) is 77.2 cm³/mol. The zero-order valence-electron chi connectivity index (χ0n) is 9.53. The zero-order valence-corrected chi connectivity index (χ0v) is 11.9. The first kappa shape index (κ1) is 11.9. The minimum Gasteiger partial charge on any atom is -0.368 e. The largest absolute Gasteiger partial charge is 0.368 e. The van der Waals surface area contributed by atoms with Crippen LogP contribution in [0.2, 0.25) is 0 Å². The van der Waals surface area contributed by atoms with Gasteiger partial charge in [-0.15, -0.1) is 11.3 Å². The van der Waals surface area contributed by atoms with Crippen LogP contribution >= 0.6 is 27.3 Å². The second kappa shape index (κ2) is 4.83. The van der Waals surface area contributed by atoms with Crippen LogP contribution in [-0.4, -0.2) is 16.5 Å². The highest BCUT2D eigenvalue weighted by molar-refractivity contribution is 9.10. The van der Waals surface area contributed by atoms with Crippen LogP contribution in [0, 0.1) is 0 Å². The van der Waals surface area contributed by atoms with E-state index >= 15 is 0 Å². The molecule has 1 aliphatic rings. The van der Waals surface area contributed by atoms with E-state index in [-0.39, 0.29) is 0 Å². The topological polar surface area (TPSA) is 75.9 Å². The van der Waals surface area contributed by atoms with E-state index in [2.05, 4.69) is 36.5 Å². The van der Waals surface area contributed by atoms with Crippen LogP contribution in [0.25, 0.3) is 0 Å². The van der Waals surface area contributed by atoms with E-state index in [9.17, 15) is 0 Å². The molecule has 0 aliphatic carbocycles. The number of nitrogens with zero attached hydrogens (tertiary/aromatic N) is 2. The lowest BCUT2D eigenvalue weighted by Gasteiger charge is -2.19. The number of aromatic nitrogens is 2. The Morgan fingerprint density at radius 3 is 3.11 bits per heavy atom. The summed E-state index contributed by atoms with van der Waals surface area (Å²) in [5.74, 6) is 1.13. The van der Waals surface area contributed by atoms with Crippen LogP contribution in [0.1, 0.15) is 11.3 Å². The molecular weight excluding hydrogens is 314 g/mol. The number of nitrogens with two attached hydrogens (primary N) is 1. The second-order valence-electron chi connectivity index (χ2n) is 4.04. The maximum absolute atomic E-state index is 5.75. The van der Waals surface area contributed by atoms with Gasteiger partial charge in [0.05, 0.1) is 10.7 Å². The van der Waals surface area contributed by atoms with E-state index in [4.69, 9.17) is 5.73 Å². The van der Waals surface area contributed by atoms with Gasteiger partial charge in [0.1, 0.15) is 5.82 Å². The molecular formula is C11H12BrN5S. The molecule has 18 heavy (non-hydrogen) atoms. The van der Waals surface area contributed by atoms with Crippen molar-refractivity contribution in [3.05, 3.63) is 27.2 Å². The molecule has 0 fully saturated rings. The Bertz CT molecular complexity index is 583. The highest BCUT2D eigenvalue weighted by atomic mass is 79.9. The first-order valence-corrected chi connectivity index (χ1v) is 7.26. The van der Waals surface area contributed by atoms with E-state index in [0.717, 1.165) is 46.1 Å². The fourth-order valence-corrected chi connectivity index (χ4v) is 3.28. The molecule has 0 aromatic carbocycles. The van der Waals surface area contributed by atoms with Crippen molar-refractivity contribution in [1.82, 2.24) is 15.3 Å². The van der Waals surface area contributed by atoms with Crippen molar-refractivity contribution < 1.29 is 0 Å². The number of hydrogen-bond donors (Lipinski definition) is 3. The normalized spacial score (nSPS) is 14.3.